The highest BCUT2D eigenvalue weighted by atomic mass is 16.6. The van der Waals surface area contributed by atoms with Gasteiger partial charge in [-0.3, -0.25) is 9.59 Å². The van der Waals surface area contributed by atoms with Crippen molar-refractivity contribution in [2.24, 2.45) is 5.92 Å². The van der Waals surface area contributed by atoms with E-state index >= 15 is 0 Å². The van der Waals surface area contributed by atoms with Crippen LogP contribution in [0.25, 0.3) is 0 Å². The molecule has 0 unspecified atom stereocenters. The standard InChI is InChI=1S/C8H12O4/c1-5-7(10)11-4-8(5,3)12-6(2)9/h5H,4H2,1-3H3/t5-,8-/m1/s1. The monoisotopic (exact) mass is 172 g/mol. The first kappa shape index (κ1) is 9.03. The fourth-order valence-electron chi connectivity index (χ4n) is 1.16. The minimum absolute atomic E-state index is 0.159. The molecule has 1 fully saturated rings. The van der Waals surface area contributed by atoms with E-state index in [4.69, 9.17) is 9.47 Å². The average molecular weight is 172 g/mol. The van der Waals surface area contributed by atoms with Gasteiger partial charge in [-0.15, -0.1) is 0 Å². The van der Waals surface area contributed by atoms with Crippen molar-refractivity contribution in [1.29, 1.82) is 0 Å². The van der Waals surface area contributed by atoms with Gasteiger partial charge in [0, 0.05) is 6.92 Å². The van der Waals surface area contributed by atoms with Crippen LogP contribution < -0.4 is 0 Å². The number of hydrogen-bond donors (Lipinski definition) is 0. The van der Waals surface area contributed by atoms with Gasteiger partial charge in [-0.2, -0.15) is 0 Å². The molecule has 68 valence electrons. The highest BCUT2D eigenvalue weighted by molar-refractivity contribution is 5.77. The summed E-state index contributed by atoms with van der Waals surface area (Å²) in [6.45, 7) is 4.87. The van der Waals surface area contributed by atoms with Gasteiger partial charge in [0.15, 0.2) is 5.60 Å². The van der Waals surface area contributed by atoms with Crippen molar-refractivity contribution in [3.63, 3.8) is 0 Å². The van der Waals surface area contributed by atoms with Gasteiger partial charge < -0.3 is 9.47 Å². The zero-order chi connectivity index (χ0) is 9.35. The lowest BCUT2D eigenvalue weighted by Crippen LogP contribution is -2.37. The normalized spacial score (nSPS) is 34.6. The van der Waals surface area contributed by atoms with Crippen LogP contribution in [0.5, 0.6) is 0 Å². The quantitative estimate of drug-likeness (QED) is 0.540. The van der Waals surface area contributed by atoms with Crippen LogP contribution in [0.3, 0.4) is 0 Å². The third-order valence-corrected chi connectivity index (χ3v) is 2.15. The van der Waals surface area contributed by atoms with Crippen LogP contribution >= 0.6 is 0 Å². The summed E-state index contributed by atoms with van der Waals surface area (Å²) in [6.07, 6.45) is 0. The Morgan fingerprint density at radius 2 is 2.33 bits per heavy atom. The zero-order valence-corrected chi connectivity index (χ0v) is 7.42. The number of cyclic esters (lactones) is 1. The SMILES string of the molecule is CC(=O)O[C@]1(C)COC(=O)[C@H]1C. The molecule has 1 aliphatic rings. The van der Waals surface area contributed by atoms with E-state index in [1.807, 2.05) is 0 Å². The van der Waals surface area contributed by atoms with Gasteiger partial charge in [0.1, 0.15) is 6.61 Å². The molecule has 4 nitrogen and oxygen atoms in total. The van der Waals surface area contributed by atoms with E-state index in [1.54, 1.807) is 13.8 Å². The first-order valence-corrected chi connectivity index (χ1v) is 3.82. The van der Waals surface area contributed by atoms with Crippen molar-refractivity contribution < 1.29 is 19.1 Å². The molecule has 4 heteroatoms. The van der Waals surface area contributed by atoms with Crippen LogP contribution in [0.4, 0.5) is 0 Å². The number of rotatable bonds is 1. The second-order valence-corrected chi connectivity index (χ2v) is 3.24. The Morgan fingerprint density at radius 1 is 1.75 bits per heavy atom. The van der Waals surface area contributed by atoms with Crippen LogP contribution in [0.15, 0.2) is 0 Å². The van der Waals surface area contributed by atoms with E-state index < -0.39 is 5.60 Å². The van der Waals surface area contributed by atoms with Crippen LogP contribution in [0.2, 0.25) is 0 Å². The summed E-state index contributed by atoms with van der Waals surface area (Å²) in [4.78, 5) is 21.6. The smallest absolute Gasteiger partial charge is 0.313 e. The first-order chi connectivity index (χ1) is 5.46. The zero-order valence-electron chi connectivity index (χ0n) is 7.42. The maximum atomic E-state index is 11.0. The minimum atomic E-state index is -0.775. The molecular weight excluding hydrogens is 160 g/mol. The van der Waals surface area contributed by atoms with Crippen LogP contribution in [0, 0.1) is 5.92 Å². The van der Waals surface area contributed by atoms with Crippen molar-refractivity contribution in [2.75, 3.05) is 6.61 Å². The third-order valence-electron chi connectivity index (χ3n) is 2.15. The molecule has 0 aromatic carbocycles. The van der Waals surface area contributed by atoms with Crippen LogP contribution in [-0.2, 0) is 19.1 Å². The number of hydrogen-bond acceptors (Lipinski definition) is 4. The second-order valence-electron chi connectivity index (χ2n) is 3.24. The molecular formula is C8H12O4. The van der Waals surface area contributed by atoms with Gasteiger partial charge >= 0.3 is 11.9 Å². The van der Waals surface area contributed by atoms with Crippen molar-refractivity contribution in [3.05, 3.63) is 0 Å². The Labute approximate surface area is 70.8 Å². The summed E-state index contributed by atoms with van der Waals surface area (Å²) in [7, 11) is 0. The number of esters is 2. The Kier molecular flexibility index (Phi) is 2.08. The highest BCUT2D eigenvalue weighted by Crippen LogP contribution is 2.29. The van der Waals surface area contributed by atoms with E-state index in [2.05, 4.69) is 0 Å². The average Bonchev–Trinajstić information content (AvgIpc) is 2.16. The van der Waals surface area contributed by atoms with Gasteiger partial charge in [-0.05, 0) is 13.8 Å². The fraction of sp³-hybridized carbons (Fsp3) is 0.750. The molecule has 1 rings (SSSR count). The minimum Gasteiger partial charge on any atom is -0.461 e. The molecule has 0 saturated carbocycles. The molecule has 0 bridgehead atoms. The largest absolute Gasteiger partial charge is 0.461 e. The van der Waals surface area contributed by atoms with Gasteiger partial charge in [0.05, 0.1) is 5.92 Å². The molecule has 12 heavy (non-hydrogen) atoms. The molecule has 0 amide bonds. The summed E-state index contributed by atoms with van der Waals surface area (Å²) < 4.78 is 9.76. The Morgan fingerprint density at radius 3 is 2.67 bits per heavy atom. The molecule has 0 aliphatic carbocycles. The Bertz CT molecular complexity index is 223. The Hall–Kier alpha value is -1.06. The summed E-state index contributed by atoms with van der Waals surface area (Å²) in [6, 6.07) is 0. The lowest BCUT2D eigenvalue weighted by molar-refractivity contribution is -0.158. The third kappa shape index (κ3) is 1.42. The first-order valence-electron chi connectivity index (χ1n) is 3.82. The summed E-state index contributed by atoms with van der Waals surface area (Å²) >= 11 is 0. The molecule has 1 heterocycles. The lowest BCUT2D eigenvalue weighted by Gasteiger charge is -2.23. The number of carbonyl (C=O) groups is 2. The van der Waals surface area contributed by atoms with Crippen LogP contribution in [0.1, 0.15) is 20.8 Å². The van der Waals surface area contributed by atoms with E-state index in [0.717, 1.165) is 0 Å². The molecule has 0 radical (unpaired) electrons. The van der Waals surface area contributed by atoms with Crippen molar-refractivity contribution >= 4 is 11.9 Å². The molecule has 0 N–H and O–H groups in total. The van der Waals surface area contributed by atoms with E-state index in [-0.39, 0.29) is 24.5 Å². The molecule has 0 spiro atoms. The van der Waals surface area contributed by atoms with Gasteiger partial charge in [-0.25, -0.2) is 0 Å². The predicted molar refractivity (Wildman–Crippen MR) is 40.3 cm³/mol. The molecule has 0 aromatic rings. The summed E-state index contributed by atoms with van der Waals surface area (Å²) in [5, 5.41) is 0. The molecule has 0 aromatic heterocycles. The van der Waals surface area contributed by atoms with E-state index in [9.17, 15) is 9.59 Å². The molecule has 2 atom stereocenters. The van der Waals surface area contributed by atoms with E-state index in [1.165, 1.54) is 6.92 Å². The van der Waals surface area contributed by atoms with Crippen LogP contribution in [-0.4, -0.2) is 24.1 Å². The maximum Gasteiger partial charge on any atom is 0.313 e. The molecule has 1 saturated heterocycles. The van der Waals surface area contributed by atoms with Gasteiger partial charge in [0.25, 0.3) is 0 Å². The van der Waals surface area contributed by atoms with E-state index in [0.29, 0.717) is 0 Å². The van der Waals surface area contributed by atoms with Crippen molar-refractivity contribution in [2.45, 2.75) is 26.4 Å². The maximum absolute atomic E-state index is 11.0. The topological polar surface area (TPSA) is 52.6 Å². The molecule has 1 aliphatic heterocycles. The number of ether oxygens (including phenoxy) is 2. The number of carbonyl (C=O) groups excluding carboxylic acids is 2. The van der Waals surface area contributed by atoms with Gasteiger partial charge in [-0.1, -0.05) is 0 Å². The Balaban J connectivity index is 2.72. The van der Waals surface area contributed by atoms with Gasteiger partial charge in [0.2, 0.25) is 0 Å². The summed E-state index contributed by atoms with van der Waals surface area (Å²) in [5.41, 5.74) is -0.775. The predicted octanol–water partition coefficient (Wildman–Crippen LogP) is 0.501. The second kappa shape index (κ2) is 2.77. The fourth-order valence-corrected chi connectivity index (χ4v) is 1.16. The van der Waals surface area contributed by atoms with Crippen molar-refractivity contribution in [1.82, 2.24) is 0 Å². The van der Waals surface area contributed by atoms with Crippen molar-refractivity contribution in [3.8, 4) is 0 Å². The highest BCUT2D eigenvalue weighted by Gasteiger charge is 2.46. The lowest BCUT2D eigenvalue weighted by atomic mass is 9.94. The summed E-state index contributed by atoms with van der Waals surface area (Å²) in [5.74, 6) is -1.07.